The maximum absolute atomic E-state index is 9.44. The second-order valence-electron chi connectivity index (χ2n) is 4.01. The number of ether oxygens (including phenoxy) is 1. The Hall–Kier alpha value is -1.10. The quantitative estimate of drug-likeness (QED) is 0.929. The van der Waals surface area contributed by atoms with Crippen molar-refractivity contribution in [1.82, 2.24) is 4.98 Å². The molecule has 0 aliphatic rings. The Labute approximate surface area is 115 Å². The zero-order valence-corrected chi connectivity index (χ0v) is 11.8. The average molecular weight is 284 g/mol. The molecule has 0 amide bonds. The van der Waals surface area contributed by atoms with Crippen LogP contribution >= 0.6 is 22.9 Å². The minimum Gasteiger partial charge on any atom is -0.486 e. The number of aliphatic hydroxyl groups is 1. The van der Waals surface area contributed by atoms with Gasteiger partial charge in [-0.15, -0.1) is 11.3 Å². The third-order valence-corrected chi connectivity index (χ3v) is 3.60. The van der Waals surface area contributed by atoms with Crippen LogP contribution in [0.15, 0.2) is 23.6 Å². The van der Waals surface area contributed by atoms with E-state index in [0.717, 1.165) is 16.3 Å². The molecular formula is C13H14ClNO2S. The Bertz CT molecular complexity index is 540. The lowest BCUT2D eigenvalue weighted by Gasteiger charge is -2.10. The molecule has 0 saturated carbocycles. The van der Waals surface area contributed by atoms with Crippen LogP contribution in [0.25, 0.3) is 0 Å². The van der Waals surface area contributed by atoms with Crippen molar-refractivity contribution < 1.29 is 9.84 Å². The summed E-state index contributed by atoms with van der Waals surface area (Å²) in [7, 11) is 0. The molecule has 1 aromatic carbocycles. The second-order valence-corrected chi connectivity index (χ2v) is 5.48. The highest BCUT2D eigenvalue weighted by atomic mass is 35.5. The highest BCUT2D eigenvalue weighted by Gasteiger charge is 2.07. The van der Waals surface area contributed by atoms with Gasteiger partial charge in [0.2, 0.25) is 0 Å². The first-order chi connectivity index (χ1) is 8.56. The predicted octanol–water partition coefficient (Wildman–Crippen LogP) is 3.74. The lowest BCUT2D eigenvalue weighted by atomic mass is 10.1. The highest BCUT2D eigenvalue weighted by molar-refractivity contribution is 7.09. The molecule has 96 valence electrons. The molecule has 18 heavy (non-hydrogen) atoms. The Balaban J connectivity index is 2.05. The Morgan fingerprint density at radius 2 is 2.28 bits per heavy atom. The number of benzene rings is 1. The van der Waals surface area contributed by atoms with Crippen LogP contribution in [-0.4, -0.2) is 10.1 Å². The lowest BCUT2D eigenvalue weighted by molar-refractivity contribution is 0.199. The van der Waals surface area contributed by atoms with Gasteiger partial charge in [-0.05, 0) is 31.5 Å². The van der Waals surface area contributed by atoms with Crippen LogP contribution in [0, 0.1) is 6.92 Å². The molecule has 2 aromatic rings. The second kappa shape index (κ2) is 5.69. The maximum atomic E-state index is 9.44. The molecule has 0 unspecified atom stereocenters. The van der Waals surface area contributed by atoms with Gasteiger partial charge in [0.25, 0.3) is 0 Å². The molecule has 1 aromatic heterocycles. The van der Waals surface area contributed by atoms with E-state index in [4.69, 9.17) is 16.3 Å². The van der Waals surface area contributed by atoms with E-state index in [0.29, 0.717) is 17.4 Å². The first kappa shape index (κ1) is 13.3. The smallest absolute Gasteiger partial charge is 0.138 e. The van der Waals surface area contributed by atoms with Crippen LogP contribution in [0.3, 0.4) is 0 Å². The Morgan fingerprint density at radius 3 is 2.83 bits per heavy atom. The van der Waals surface area contributed by atoms with E-state index >= 15 is 0 Å². The van der Waals surface area contributed by atoms with Gasteiger partial charge in [-0.25, -0.2) is 4.98 Å². The predicted molar refractivity (Wildman–Crippen MR) is 73.3 cm³/mol. The van der Waals surface area contributed by atoms with Crippen molar-refractivity contribution in [3.63, 3.8) is 0 Å². The van der Waals surface area contributed by atoms with Crippen molar-refractivity contribution in [1.29, 1.82) is 0 Å². The molecule has 1 N–H and O–H groups in total. The fourth-order valence-electron chi connectivity index (χ4n) is 1.52. The molecular weight excluding hydrogens is 270 g/mol. The molecule has 0 saturated heterocycles. The summed E-state index contributed by atoms with van der Waals surface area (Å²) < 4.78 is 5.60. The summed E-state index contributed by atoms with van der Waals surface area (Å²) in [5, 5.41) is 12.9. The van der Waals surface area contributed by atoms with Crippen molar-refractivity contribution in [3.8, 4) is 5.75 Å². The van der Waals surface area contributed by atoms with Crippen LogP contribution in [0.2, 0.25) is 5.02 Å². The number of aromatic nitrogens is 1. The zero-order chi connectivity index (χ0) is 13.1. The molecule has 0 bridgehead atoms. The molecule has 0 aliphatic carbocycles. The lowest BCUT2D eigenvalue weighted by Crippen LogP contribution is -1.98. The van der Waals surface area contributed by atoms with Crippen LogP contribution in [0.4, 0.5) is 0 Å². The SMILES string of the molecule is Cc1nc(COc2ccc([C@H](C)O)cc2Cl)cs1. The number of rotatable bonds is 4. The number of hydrogen-bond acceptors (Lipinski definition) is 4. The van der Waals surface area contributed by atoms with Gasteiger partial charge in [0.1, 0.15) is 12.4 Å². The van der Waals surface area contributed by atoms with Gasteiger partial charge >= 0.3 is 0 Å². The van der Waals surface area contributed by atoms with E-state index in [-0.39, 0.29) is 0 Å². The summed E-state index contributed by atoms with van der Waals surface area (Å²) in [5.74, 6) is 0.603. The van der Waals surface area contributed by atoms with E-state index < -0.39 is 6.10 Å². The van der Waals surface area contributed by atoms with Crippen LogP contribution in [0.5, 0.6) is 5.75 Å². The van der Waals surface area contributed by atoms with Crippen molar-refractivity contribution in [3.05, 3.63) is 44.9 Å². The van der Waals surface area contributed by atoms with Crippen LogP contribution in [-0.2, 0) is 6.61 Å². The highest BCUT2D eigenvalue weighted by Crippen LogP contribution is 2.28. The van der Waals surface area contributed by atoms with Gasteiger partial charge in [0.05, 0.1) is 21.8 Å². The molecule has 1 atom stereocenters. The molecule has 0 aliphatic heterocycles. The summed E-state index contributed by atoms with van der Waals surface area (Å²) in [6, 6.07) is 5.29. The standard InChI is InChI=1S/C13H14ClNO2S/c1-8(16)10-3-4-13(12(14)5-10)17-6-11-7-18-9(2)15-11/h3-5,7-8,16H,6H2,1-2H3/t8-/m0/s1. The normalized spacial score (nSPS) is 12.4. The van der Waals surface area contributed by atoms with Gasteiger partial charge < -0.3 is 9.84 Å². The molecule has 2 rings (SSSR count). The van der Waals surface area contributed by atoms with Crippen molar-refractivity contribution >= 4 is 22.9 Å². The van der Waals surface area contributed by atoms with Crippen molar-refractivity contribution in [2.45, 2.75) is 26.6 Å². The number of aryl methyl sites for hydroxylation is 1. The monoisotopic (exact) mass is 283 g/mol. The van der Waals surface area contributed by atoms with E-state index in [2.05, 4.69) is 4.98 Å². The number of halogens is 1. The van der Waals surface area contributed by atoms with Crippen LogP contribution in [0.1, 0.15) is 29.3 Å². The van der Waals surface area contributed by atoms with Gasteiger partial charge in [-0.3, -0.25) is 0 Å². The van der Waals surface area contributed by atoms with E-state index in [9.17, 15) is 5.11 Å². The summed E-state index contributed by atoms with van der Waals surface area (Å²) in [5.41, 5.74) is 1.67. The zero-order valence-electron chi connectivity index (χ0n) is 10.2. The van der Waals surface area contributed by atoms with Crippen molar-refractivity contribution in [2.24, 2.45) is 0 Å². The average Bonchev–Trinajstić information content (AvgIpc) is 2.73. The molecule has 0 radical (unpaired) electrons. The number of hydrogen-bond donors (Lipinski definition) is 1. The molecule has 3 nitrogen and oxygen atoms in total. The summed E-state index contributed by atoms with van der Waals surface area (Å²) in [6.45, 7) is 4.06. The van der Waals surface area contributed by atoms with Gasteiger partial charge in [0, 0.05) is 5.38 Å². The van der Waals surface area contributed by atoms with E-state index in [1.807, 2.05) is 12.3 Å². The number of nitrogens with zero attached hydrogens (tertiary/aromatic N) is 1. The fourth-order valence-corrected chi connectivity index (χ4v) is 2.36. The molecule has 5 heteroatoms. The van der Waals surface area contributed by atoms with E-state index in [1.54, 1.807) is 36.5 Å². The minimum atomic E-state index is -0.530. The third-order valence-electron chi connectivity index (χ3n) is 2.48. The summed E-state index contributed by atoms with van der Waals surface area (Å²) in [4.78, 5) is 4.31. The maximum Gasteiger partial charge on any atom is 0.138 e. The van der Waals surface area contributed by atoms with E-state index in [1.165, 1.54) is 0 Å². The van der Waals surface area contributed by atoms with Gasteiger partial charge in [-0.2, -0.15) is 0 Å². The first-order valence-electron chi connectivity index (χ1n) is 5.57. The van der Waals surface area contributed by atoms with Gasteiger partial charge in [-0.1, -0.05) is 17.7 Å². The molecule has 0 spiro atoms. The Morgan fingerprint density at radius 1 is 1.50 bits per heavy atom. The molecule has 1 heterocycles. The Kier molecular flexibility index (Phi) is 4.22. The molecule has 0 fully saturated rings. The van der Waals surface area contributed by atoms with Crippen LogP contribution < -0.4 is 4.74 Å². The number of aliphatic hydroxyl groups excluding tert-OH is 1. The summed E-state index contributed by atoms with van der Waals surface area (Å²) in [6.07, 6.45) is -0.530. The fraction of sp³-hybridized carbons (Fsp3) is 0.308. The number of thiazole rings is 1. The first-order valence-corrected chi connectivity index (χ1v) is 6.83. The summed E-state index contributed by atoms with van der Waals surface area (Å²) >= 11 is 7.68. The van der Waals surface area contributed by atoms with Gasteiger partial charge in [0.15, 0.2) is 0 Å². The third kappa shape index (κ3) is 3.22. The minimum absolute atomic E-state index is 0.401. The largest absolute Gasteiger partial charge is 0.486 e. The van der Waals surface area contributed by atoms with Crippen molar-refractivity contribution in [2.75, 3.05) is 0 Å². The topological polar surface area (TPSA) is 42.4 Å².